The minimum atomic E-state index is -0.897. The minimum Gasteiger partial charge on any atom is -0.389 e. The number of carbonyl (C=O) groups excluding carboxylic acids is 1. The standard InChI is InChI=1S/C23H34O3/c1-4-23(26)12-11-21(2)15(13-23)5-6-16-17-7-8-19(20(25)14-24)22(17,3)10-9-18(16)21/h1,15-19,24,26H,5-14H2,2-3H3/t15?,16-,17-,18-,19+,21-,22-,23?/m0/s1. The Balaban J connectivity index is 1.59. The third kappa shape index (κ3) is 2.45. The second-order valence-corrected chi connectivity index (χ2v) is 10.3. The maximum absolute atomic E-state index is 12.3. The van der Waals surface area contributed by atoms with Gasteiger partial charge in [0.15, 0.2) is 5.78 Å². The maximum atomic E-state index is 12.3. The topological polar surface area (TPSA) is 57.5 Å². The van der Waals surface area contributed by atoms with E-state index in [1.54, 1.807) is 0 Å². The van der Waals surface area contributed by atoms with Crippen LogP contribution in [0.25, 0.3) is 0 Å². The Morgan fingerprint density at radius 1 is 1.04 bits per heavy atom. The molecule has 3 heteroatoms. The lowest BCUT2D eigenvalue weighted by Gasteiger charge is -2.61. The molecule has 0 amide bonds. The molecule has 0 heterocycles. The van der Waals surface area contributed by atoms with Crippen molar-refractivity contribution in [3.05, 3.63) is 0 Å². The number of aliphatic hydroxyl groups excluding tert-OH is 1. The fourth-order valence-electron chi connectivity index (χ4n) is 8.02. The van der Waals surface area contributed by atoms with Crippen LogP contribution in [0.5, 0.6) is 0 Å². The lowest BCUT2D eigenvalue weighted by molar-refractivity contribution is -0.146. The quantitative estimate of drug-likeness (QED) is 0.742. The molecule has 0 aromatic carbocycles. The van der Waals surface area contributed by atoms with Crippen LogP contribution in [0.3, 0.4) is 0 Å². The van der Waals surface area contributed by atoms with Crippen LogP contribution >= 0.6 is 0 Å². The Morgan fingerprint density at radius 3 is 2.46 bits per heavy atom. The van der Waals surface area contributed by atoms with Gasteiger partial charge >= 0.3 is 0 Å². The summed E-state index contributed by atoms with van der Waals surface area (Å²) in [6.45, 7) is 4.48. The van der Waals surface area contributed by atoms with E-state index in [2.05, 4.69) is 19.8 Å². The van der Waals surface area contributed by atoms with E-state index in [4.69, 9.17) is 6.42 Å². The Hall–Kier alpha value is -0.850. The predicted octanol–water partition coefficient (Wildman–Crippen LogP) is 3.57. The molecule has 4 aliphatic rings. The second kappa shape index (κ2) is 6.08. The molecule has 2 unspecified atom stereocenters. The van der Waals surface area contributed by atoms with E-state index in [1.807, 2.05) is 0 Å². The number of Topliss-reactive ketones (excluding diaryl/α,β-unsaturated/α-hetero) is 1. The summed E-state index contributed by atoms with van der Waals surface area (Å²) in [5.74, 6) is 5.32. The van der Waals surface area contributed by atoms with Gasteiger partial charge in [-0.15, -0.1) is 6.42 Å². The van der Waals surface area contributed by atoms with Gasteiger partial charge in [0.2, 0.25) is 0 Å². The van der Waals surface area contributed by atoms with Gasteiger partial charge in [-0.05, 0) is 92.3 Å². The summed E-state index contributed by atoms with van der Waals surface area (Å²) in [4.78, 5) is 12.3. The van der Waals surface area contributed by atoms with Crippen LogP contribution in [0.15, 0.2) is 0 Å². The minimum absolute atomic E-state index is 0.0573. The number of aliphatic hydroxyl groups is 2. The SMILES string of the molecule is C#CC1(O)CC[C@@]2(C)C(CC[C@H]3[C@@H]4CC[C@H](C(=O)CO)[C@@]4(C)CC[C@@H]32)C1. The van der Waals surface area contributed by atoms with Crippen molar-refractivity contribution in [1.29, 1.82) is 0 Å². The molecule has 144 valence electrons. The fraction of sp³-hybridized carbons (Fsp3) is 0.870. The van der Waals surface area contributed by atoms with Crippen molar-refractivity contribution < 1.29 is 15.0 Å². The van der Waals surface area contributed by atoms with E-state index in [1.165, 1.54) is 12.8 Å². The van der Waals surface area contributed by atoms with E-state index in [0.29, 0.717) is 23.7 Å². The summed E-state index contributed by atoms with van der Waals surface area (Å²) >= 11 is 0. The zero-order chi connectivity index (χ0) is 18.7. The number of ketones is 1. The number of fused-ring (bicyclic) bond motifs is 5. The van der Waals surface area contributed by atoms with Crippen LogP contribution < -0.4 is 0 Å². The Labute approximate surface area is 157 Å². The van der Waals surface area contributed by atoms with Gasteiger partial charge in [-0.25, -0.2) is 0 Å². The molecule has 0 saturated heterocycles. The first-order chi connectivity index (χ1) is 12.3. The van der Waals surface area contributed by atoms with Crippen LogP contribution in [-0.4, -0.2) is 28.2 Å². The number of terminal acetylenes is 1. The molecular formula is C23H34O3. The monoisotopic (exact) mass is 358 g/mol. The number of rotatable bonds is 2. The highest BCUT2D eigenvalue weighted by atomic mass is 16.3. The zero-order valence-corrected chi connectivity index (χ0v) is 16.3. The Bertz CT molecular complexity index is 636. The van der Waals surface area contributed by atoms with Gasteiger partial charge in [-0.1, -0.05) is 19.8 Å². The highest BCUT2D eigenvalue weighted by Crippen LogP contribution is 2.68. The smallest absolute Gasteiger partial charge is 0.161 e. The van der Waals surface area contributed by atoms with Crippen LogP contribution in [0.4, 0.5) is 0 Å². The Morgan fingerprint density at radius 2 is 1.77 bits per heavy atom. The molecule has 26 heavy (non-hydrogen) atoms. The van der Waals surface area contributed by atoms with Gasteiger partial charge < -0.3 is 10.2 Å². The molecule has 0 aliphatic heterocycles. The molecule has 0 spiro atoms. The highest BCUT2D eigenvalue weighted by Gasteiger charge is 2.61. The first-order valence-corrected chi connectivity index (χ1v) is 10.6. The average Bonchev–Trinajstić information content (AvgIpc) is 2.99. The Kier molecular flexibility index (Phi) is 4.33. The van der Waals surface area contributed by atoms with E-state index in [9.17, 15) is 15.0 Å². The molecule has 8 atom stereocenters. The van der Waals surface area contributed by atoms with E-state index in [-0.39, 0.29) is 29.1 Å². The summed E-state index contributed by atoms with van der Waals surface area (Å²) in [6.07, 6.45) is 14.9. The van der Waals surface area contributed by atoms with Gasteiger partial charge in [-0.2, -0.15) is 0 Å². The first-order valence-electron chi connectivity index (χ1n) is 10.6. The summed E-state index contributed by atoms with van der Waals surface area (Å²) in [6, 6.07) is 0. The van der Waals surface area contributed by atoms with E-state index >= 15 is 0 Å². The van der Waals surface area contributed by atoms with Crippen molar-refractivity contribution in [1.82, 2.24) is 0 Å². The van der Waals surface area contributed by atoms with Gasteiger partial charge in [0.1, 0.15) is 12.2 Å². The van der Waals surface area contributed by atoms with Crippen LogP contribution in [0, 0.1) is 52.8 Å². The van der Waals surface area contributed by atoms with E-state index < -0.39 is 5.60 Å². The molecule has 4 rings (SSSR count). The number of hydrogen-bond acceptors (Lipinski definition) is 3. The van der Waals surface area contributed by atoms with Crippen molar-refractivity contribution >= 4 is 5.78 Å². The van der Waals surface area contributed by atoms with Crippen LogP contribution in [0.1, 0.15) is 71.6 Å². The largest absolute Gasteiger partial charge is 0.389 e. The molecule has 3 nitrogen and oxygen atoms in total. The van der Waals surface area contributed by atoms with Crippen molar-refractivity contribution in [2.24, 2.45) is 40.4 Å². The molecule has 0 aromatic heterocycles. The maximum Gasteiger partial charge on any atom is 0.161 e. The lowest BCUT2D eigenvalue weighted by Crippen LogP contribution is -2.56. The molecule has 0 aromatic rings. The van der Waals surface area contributed by atoms with Gasteiger partial charge in [0.25, 0.3) is 0 Å². The predicted molar refractivity (Wildman–Crippen MR) is 101 cm³/mol. The molecule has 4 aliphatic carbocycles. The van der Waals surface area contributed by atoms with Crippen LogP contribution in [-0.2, 0) is 4.79 Å². The lowest BCUT2D eigenvalue weighted by atomic mass is 9.44. The third-order valence-corrected chi connectivity index (χ3v) is 9.54. The van der Waals surface area contributed by atoms with Crippen molar-refractivity contribution in [2.75, 3.05) is 6.61 Å². The summed E-state index contributed by atoms with van der Waals surface area (Å²) in [7, 11) is 0. The molecule has 4 saturated carbocycles. The summed E-state index contributed by atoms with van der Waals surface area (Å²) in [5.41, 5.74) is -0.531. The van der Waals surface area contributed by atoms with Crippen molar-refractivity contribution in [3.63, 3.8) is 0 Å². The molecule has 0 bridgehead atoms. The summed E-state index contributed by atoms with van der Waals surface area (Å²) < 4.78 is 0. The molecular weight excluding hydrogens is 324 g/mol. The summed E-state index contributed by atoms with van der Waals surface area (Å²) in [5, 5.41) is 20.1. The van der Waals surface area contributed by atoms with Crippen molar-refractivity contribution in [2.45, 2.75) is 77.2 Å². The van der Waals surface area contributed by atoms with Crippen molar-refractivity contribution in [3.8, 4) is 12.3 Å². The number of hydrogen-bond donors (Lipinski definition) is 2. The molecule has 0 radical (unpaired) electrons. The first kappa shape index (κ1) is 18.5. The van der Waals surface area contributed by atoms with Gasteiger partial charge in [0, 0.05) is 5.92 Å². The fourth-order valence-corrected chi connectivity index (χ4v) is 8.02. The highest BCUT2D eigenvalue weighted by molar-refractivity contribution is 5.83. The number of carbonyl (C=O) groups is 1. The average molecular weight is 359 g/mol. The normalized spacial score (nSPS) is 53.1. The van der Waals surface area contributed by atoms with Crippen LogP contribution in [0.2, 0.25) is 0 Å². The van der Waals surface area contributed by atoms with Gasteiger partial charge in [-0.3, -0.25) is 4.79 Å². The molecule has 2 N–H and O–H groups in total. The van der Waals surface area contributed by atoms with E-state index in [0.717, 1.165) is 44.9 Å². The molecule has 4 fully saturated rings. The zero-order valence-electron chi connectivity index (χ0n) is 16.3. The van der Waals surface area contributed by atoms with Gasteiger partial charge in [0.05, 0.1) is 0 Å². The third-order valence-electron chi connectivity index (χ3n) is 9.54. The second-order valence-electron chi connectivity index (χ2n) is 10.3.